The van der Waals surface area contributed by atoms with Gasteiger partial charge in [-0.2, -0.15) is 0 Å². The van der Waals surface area contributed by atoms with E-state index in [-0.39, 0.29) is 6.03 Å². The lowest BCUT2D eigenvalue weighted by atomic mass is 10.2. The molecule has 1 aromatic rings. The Morgan fingerprint density at radius 2 is 2.10 bits per heavy atom. The molecule has 1 fully saturated rings. The molecular weight excluding hydrogens is 290 g/mol. The second-order valence-electron chi connectivity index (χ2n) is 5.05. The van der Waals surface area contributed by atoms with E-state index in [0.29, 0.717) is 17.3 Å². The van der Waals surface area contributed by atoms with Gasteiger partial charge in [-0.1, -0.05) is 17.7 Å². The molecule has 0 bridgehead atoms. The summed E-state index contributed by atoms with van der Waals surface area (Å²) in [4.78, 5) is 14.1. The van der Waals surface area contributed by atoms with E-state index < -0.39 is 0 Å². The quantitative estimate of drug-likeness (QED) is 0.794. The maximum atomic E-state index is 11.7. The van der Waals surface area contributed by atoms with E-state index >= 15 is 0 Å². The average molecular weight is 312 g/mol. The zero-order chi connectivity index (χ0) is 14.9. The topological polar surface area (TPSA) is 53.6 Å². The highest BCUT2D eigenvalue weighted by Crippen LogP contribution is 2.14. The van der Waals surface area contributed by atoms with Gasteiger partial charge in [0, 0.05) is 30.3 Å². The van der Waals surface area contributed by atoms with Gasteiger partial charge in [0.2, 0.25) is 0 Å². The van der Waals surface area contributed by atoms with Crippen molar-refractivity contribution in [3.05, 3.63) is 29.3 Å². The molecule has 0 unspecified atom stereocenters. The summed E-state index contributed by atoms with van der Waals surface area (Å²) in [6.45, 7) is 5.45. The molecule has 2 rings (SSSR count). The summed E-state index contributed by atoms with van der Waals surface area (Å²) in [5.41, 5.74) is 0.702. The Labute approximate surface area is 130 Å². The van der Waals surface area contributed by atoms with Crippen LogP contribution in [0.5, 0.6) is 0 Å². The van der Waals surface area contributed by atoms with Crippen LogP contribution >= 0.6 is 11.6 Å². The van der Waals surface area contributed by atoms with E-state index in [9.17, 15) is 4.79 Å². The molecule has 2 N–H and O–H groups in total. The first-order valence-electron chi connectivity index (χ1n) is 7.34. The molecule has 0 saturated carbocycles. The van der Waals surface area contributed by atoms with Crippen molar-refractivity contribution >= 4 is 23.3 Å². The maximum Gasteiger partial charge on any atom is 0.319 e. The van der Waals surface area contributed by atoms with E-state index in [1.54, 1.807) is 18.2 Å². The molecule has 116 valence electrons. The highest BCUT2D eigenvalue weighted by Gasteiger charge is 2.09. The Balaban J connectivity index is 1.54. The molecular formula is C15H22ClN3O2. The fourth-order valence-corrected chi connectivity index (χ4v) is 2.42. The van der Waals surface area contributed by atoms with Gasteiger partial charge in [-0.25, -0.2) is 4.79 Å². The van der Waals surface area contributed by atoms with E-state index in [0.717, 1.165) is 45.7 Å². The number of ether oxygens (including phenoxy) is 1. The second kappa shape index (κ2) is 8.87. The summed E-state index contributed by atoms with van der Waals surface area (Å²) in [7, 11) is 0. The van der Waals surface area contributed by atoms with Crippen LogP contribution in [0.25, 0.3) is 0 Å². The predicted molar refractivity (Wildman–Crippen MR) is 85.0 cm³/mol. The number of urea groups is 1. The number of benzene rings is 1. The molecule has 0 aliphatic carbocycles. The Bertz CT molecular complexity index is 450. The van der Waals surface area contributed by atoms with Crippen molar-refractivity contribution in [3.63, 3.8) is 0 Å². The Morgan fingerprint density at radius 1 is 1.29 bits per heavy atom. The van der Waals surface area contributed by atoms with E-state index in [1.807, 2.05) is 6.07 Å². The van der Waals surface area contributed by atoms with Gasteiger partial charge < -0.3 is 15.4 Å². The van der Waals surface area contributed by atoms with Crippen LogP contribution in [0.4, 0.5) is 10.5 Å². The second-order valence-corrected chi connectivity index (χ2v) is 5.49. The largest absolute Gasteiger partial charge is 0.379 e. The van der Waals surface area contributed by atoms with Crippen LogP contribution in [0.15, 0.2) is 24.3 Å². The van der Waals surface area contributed by atoms with Crippen LogP contribution in [0.2, 0.25) is 5.02 Å². The molecule has 6 heteroatoms. The first-order valence-corrected chi connectivity index (χ1v) is 7.72. The third-order valence-electron chi connectivity index (χ3n) is 3.37. The highest BCUT2D eigenvalue weighted by atomic mass is 35.5. The van der Waals surface area contributed by atoms with Crippen molar-refractivity contribution in [2.75, 3.05) is 44.7 Å². The lowest BCUT2D eigenvalue weighted by molar-refractivity contribution is 0.0372. The van der Waals surface area contributed by atoms with Gasteiger partial charge in [0.25, 0.3) is 0 Å². The smallest absolute Gasteiger partial charge is 0.319 e. The lowest BCUT2D eigenvalue weighted by Gasteiger charge is -2.26. The highest BCUT2D eigenvalue weighted by molar-refractivity contribution is 6.30. The molecule has 5 nitrogen and oxygen atoms in total. The van der Waals surface area contributed by atoms with Crippen LogP contribution in [-0.2, 0) is 4.74 Å². The molecule has 1 aliphatic rings. The number of nitrogens with zero attached hydrogens (tertiary/aromatic N) is 1. The average Bonchev–Trinajstić information content (AvgIpc) is 2.48. The van der Waals surface area contributed by atoms with Gasteiger partial charge in [-0.05, 0) is 37.6 Å². The summed E-state index contributed by atoms with van der Waals surface area (Å²) in [5.74, 6) is 0. The molecule has 21 heavy (non-hydrogen) atoms. The third kappa shape index (κ3) is 6.33. The van der Waals surface area contributed by atoms with Crippen LogP contribution < -0.4 is 10.6 Å². The van der Waals surface area contributed by atoms with Crippen LogP contribution in [0.1, 0.15) is 12.8 Å². The van der Waals surface area contributed by atoms with Crippen LogP contribution in [0, 0.1) is 0 Å². The Kier molecular flexibility index (Phi) is 6.79. The minimum Gasteiger partial charge on any atom is -0.379 e. The first-order chi connectivity index (χ1) is 10.2. The standard InChI is InChI=1S/C15H22ClN3O2/c16-13-4-3-5-14(12-13)18-15(20)17-6-1-2-7-19-8-10-21-11-9-19/h3-5,12H,1-2,6-11H2,(H2,17,18,20). The van der Waals surface area contributed by atoms with Crippen LogP contribution in [-0.4, -0.2) is 50.3 Å². The molecule has 0 aromatic heterocycles. The zero-order valence-corrected chi connectivity index (χ0v) is 12.9. The molecule has 1 aromatic carbocycles. The summed E-state index contributed by atoms with van der Waals surface area (Å²) in [6, 6.07) is 6.92. The van der Waals surface area contributed by atoms with Gasteiger partial charge in [0.05, 0.1) is 13.2 Å². The maximum absolute atomic E-state index is 11.7. The summed E-state index contributed by atoms with van der Waals surface area (Å²) >= 11 is 5.86. The lowest BCUT2D eigenvalue weighted by Crippen LogP contribution is -2.37. The van der Waals surface area contributed by atoms with Gasteiger partial charge >= 0.3 is 6.03 Å². The van der Waals surface area contributed by atoms with E-state index in [1.165, 1.54) is 0 Å². The number of nitrogens with one attached hydrogen (secondary N) is 2. The number of carbonyl (C=O) groups excluding carboxylic acids is 1. The Hall–Kier alpha value is -1.30. The summed E-state index contributed by atoms with van der Waals surface area (Å²) < 4.78 is 5.31. The molecule has 1 heterocycles. The number of hydrogen-bond donors (Lipinski definition) is 2. The van der Waals surface area contributed by atoms with Crippen LogP contribution in [0.3, 0.4) is 0 Å². The number of halogens is 1. The first kappa shape index (κ1) is 16.1. The Morgan fingerprint density at radius 3 is 2.86 bits per heavy atom. The zero-order valence-electron chi connectivity index (χ0n) is 12.1. The SMILES string of the molecule is O=C(NCCCCN1CCOCC1)Nc1cccc(Cl)c1. The molecule has 0 spiro atoms. The number of anilines is 1. The van der Waals surface area contributed by atoms with E-state index in [4.69, 9.17) is 16.3 Å². The number of carbonyl (C=O) groups is 1. The third-order valence-corrected chi connectivity index (χ3v) is 3.61. The van der Waals surface area contributed by atoms with Gasteiger partial charge in [-0.15, -0.1) is 0 Å². The fraction of sp³-hybridized carbons (Fsp3) is 0.533. The normalized spacial score (nSPS) is 15.7. The molecule has 1 saturated heterocycles. The monoisotopic (exact) mass is 311 g/mol. The molecule has 1 aliphatic heterocycles. The molecule has 0 atom stereocenters. The van der Waals surface area contributed by atoms with Gasteiger partial charge in [0.1, 0.15) is 0 Å². The van der Waals surface area contributed by atoms with Gasteiger partial charge in [0.15, 0.2) is 0 Å². The van der Waals surface area contributed by atoms with Crippen molar-refractivity contribution in [2.45, 2.75) is 12.8 Å². The van der Waals surface area contributed by atoms with Crippen molar-refractivity contribution < 1.29 is 9.53 Å². The van der Waals surface area contributed by atoms with Crippen molar-refractivity contribution in [2.24, 2.45) is 0 Å². The minimum absolute atomic E-state index is 0.191. The predicted octanol–water partition coefficient (Wildman–Crippen LogP) is 2.57. The molecule has 2 amide bonds. The van der Waals surface area contributed by atoms with Gasteiger partial charge in [-0.3, -0.25) is 4.90 Å². The number of hydrogen-bond acceptors (Lipinski definition) is 3. The van der Waals surface area contributed by atoms with Crippen molar-refractivity contribution in [3.8, 4) is 0 Å². The van der Waals surface area contributed by atoms with E-state index in [2.05, 4.69) is 15.5 Å². The summed E-state index contributed by atoms with van der Waals surface area (Å²) in [5, 5.41) is 6.22. The minimum atomic E-state index is -0.191. The number of unbranched alkanes of at least 4 members (excludes halogenated alkanes) is 1. The fourth-order valence-electron chi connectivity index (χ4n) is 2.23. The number of morpholine rings is 1. The molecule has 0 radical (unpaired) electrons. The summed E-state index contributed by atoms with van der Waals surface area (Å²) in [6.07, 6.45) is 2.05. The van der Waals surface area contributed by atoms with Crippen molar-refractivity contribution in [1.82, 2.24) is 10.2 Å². The van der Waals surface area contributed by atoms with Crippen molar-refractivity contribution in [1.29, 1.82) is 0 Å². The number of rotatable bonds is 6. The number of amides is 2.